The van der Waals surface area contributed by atoms with Crippen molar-refractivity contribution < 1.29 is 21.9 Å². The molecule has 1 aliphatic rings. The number of para-hydroxylation sites is 1. The zero-order valence-corrected chi connectivity index (χ0v) is 14.7. The van der Waals surface area contributed by atoms with E-state index in [1.54, 1.807) is 24.3 Å². The minimum absolute atomic E-state index is 0.0572. The lowest BCUT2D eigenvalue weighted by molar-refractivity contribution is -0.117. The fourth-order valence-corrected chi connectivity index (χ4v) is 3.50. The van der Waals surface area contributed by atoms with Crippen molar-refractivity contribution in [2.75, 3.05) is 17.2 Å². The summed E-state index contributed by atoms with van der Waals surface area (Å²) in [5.74, 6) is -1.95. The number of benzene rings is 1. The topological polar surface area (TPSA) is 83.6 Å². The fraction of sp³-hybridized carbons (Fsp3) is 0.500. The molecular formula is C16H21FN2O4S. The second kappa shape index (κ2) is 6.51. The molecule has 8 heteroatoms. The lowest BCUT2D eigenvalue weighted by Gasteiger charge is -2.24. The molecule has 0 aromatic heterocycles. The van der Waals surface area contributed by atoms with E-state index in [2.05, 4.69) is 5.32 Å². The first-order chi connectivity index (χ1) is 11.0. The van der Waals surface area contributed by atoms with Gasteiger partial charge in [0.1, 0.15) is 0 Å². The van der Waals surface area contributed by atoms with Gasteiger partial charge in [0.2, 0.25) is 5.91 Å². The molecular weight excluding hydrogens is 335 g/mol. The van der Waals surface area contributed by atoms with Gasteiger partial charge in [0, 0.05) is 24.4 Å². The Morgan fingerprint density at radius 2 is 1.96 bits per heavy atom. The molecule has 1 aromatic rings. The minimum Gasteiger partial charge on any atom is -0.347 e. The first-order valence-electron chi connectivity index (χ1n) is 7.60. The summed E-state index contributed by atoms with van der Waals surface area (Å²) in [7, 11) is -4.65. The molecule has 1 fully saturated rings. The SMILES string of the molecule is CC(C)(C)NC(=O)c1ccccc1N1CC(CS(=O)(=O)F)CC1=O. The summed E-state index contributed by atoms with van der Waals surface area (Å²) >= 11 is 0. The normalized spacial score (nSPS) is 18.8. The molecule has 0 radical (unpaired) electrons. The number of anilines is 1. The van der Waals surface area contributed by atoms with E-state index < -0.39 is 27.4 Å². The second-order valence-corrected chi connectivity index (χ2v) is 8.41. The molecule has 1 unspecified atom stereocenters. The molecule has 1 aromatic carbocycles. The number of carbonyl (C=O) groups is 2. The number of hydrogen-bond donors (Lipinski definition) is 1. The Hall–Kier alpha value is -1.96. The van der Waals surface area contributed by atoms with Crippen LogP contribution in [0.15, 0.2) is 24.3 Å². The molecule has 1 atom stereocenters. The predicted molar refractivity (Wildman–Crippen MR) is 89.0 cm³/mol. The van der Waals surface area contributed by atoms with Crippen LogP contribution in [0.5, 0.6) is 0 Å². The highest BCUT2D eigenvalue weighted by molar-refractivity contribution is 7.86. The molecule has 2 amide bonds. The van der Waals surface area contributed by atoms with Gasteiger partial charge in [-0.05, 0) is 32.9 Å². The number of rotatable bonds is 4. The molecule has 132 valence electrons. The zero-order chi connectivity index (χ0) is 18.1. The molecule has 0 bridgehead atoms. The average molecular weight is 356 g/mol. The molecule has 0 aliphatic carbocycles. The summed E-state index contributed by atoms with van der Waals surface area (Å²) in [4.78, 5) is 26.0. The Bertz CT molecular complexity index is 756. The van der Waals surface area contributed by atoms with Crippen LogP contribution in [0.3, 0.4) is 0 Å². The van der Waals surface area contributed by atoms with Crippen LogP contribution in [-0.2, 0) is 15.0 Å². The highest BCUT2D eigenvalue weighted by Gasteiger charge is 2.35. The lowest BCUT2D eigenvalue weighted by atomic mass is 10.1. The molecule has 1 heterocycles. The maximum atomic E-state index is 12.9. The summed E-state index contributed by atoms with van der Waals surface area (Å²) in [6, 6.07) is 6.60. The summed E-state index contributed by atoms with van der Waals surface area (Å²) in [6.45, 7) is 5.60. The Morgan fingerprint density at radius 3 is 2.54 bits per heavy atom. The van der Waals surface area contributed by atoms with E-state index in [1.165, 1.54) is 4.90 Å². The molecule has 0 saturated carbocycles. The van der Waals surface area contributed by atoms with Gasteiger partial charge >= 0.3 is 10.2 Å². The number of nitrogens with one attached hydrogen (secondary N) is 1. The van der Waals surface area contributed by atoms with Crippen molar-refractivity contribution >= 4 is 27.7 Å². The third kappa shape index (κ3) is 4.77. The van der Waals surface area contributed by atoms with E-state index >= 15 is 0 Å². The largest absolute Gasteiger partial charge is 0.347 e. The van der Waals surface area contributed by atoms with E-state index in [4.69, 9.17) is 0 Å². The van der Waals surface area contributed by atoms with Crippen molar-refractivity contribution in [3.8, 4) is 0 Å². The van der Waals surface area contributed by atoms with E-state index in [0.29, 0.717) is 11.3 Å². The van der Waals surface area contributed by atoms with Gasteiger partial charge in [-0.3, -0.25) is 9.59 Å². The van der Waals surface area contributed by atoms with Crippen molar-refractivity contribution in [2.24, 2.45) is 5.92 Å². The van der Waals surface area contributed by atoms with E-state index in [-0.39, 0.29) is 24.8 Å². The molecule has 6 nitrogen and oxygen atoms in total. The van der Waals surface area contributed by atoms with Crippen molar-refractivity contribution in [1.29, 1.82) is 0 Å². The summed E-state index contributed by atoms with van der Waals surface area (Å²) in [6.07, 6.45) is -0.0572. The Balaban J connectivity index is 2.27. The first-order valence-corrected chi connectivity index (χ1v) is 9.16. The van der Waals surface area contributed by atoms with Gasteiger partial charge in [-0.15, -0.1) is 3.89 Å². The van der Waals surface area contributed by atoms with Crippen molar-refractivity contribution in [3.63, 3.8) is 0 Å². The van der Waals surface area contributed by atoms with Gasteiger partial charge in [-0.25, -0.2) is 0 Å². The van der Waals surface area contributed by atoms with Gasteiger partial charge < -0.3 is 10.2 Å². The van der Waals surface area contributed by atoms with Crippen LogP contribution in [-0.4, -0.2) is 38.1 Å². The minimum atomic E-state index is -4.65. The monoisotopic (exact) mass is 356 g/mol. The van der Waals surface area contributed by atoms with Crippen molar-refractivity contribution in [1.82, 2.24) is 5.32 Å². The number of halogens is 1. The van der Waals surface area contributed by atoms with Crippen LogP contribution < -0.4 is 10.2 Å². The van der Waals surface area contributed by atoms with Gasteiger partial charge in [-0.1, -0.05) is 12.1 Å². The summed E-state index contributed by atoms with van der Waals surface area (Å²) in [5.41, 5.74) is 0.289. The van der Waals surface area contributed by atoms with Crippen LogP contribution in [0.2, 0.25) is 0 Å². The van der Waals surface area contributed by atoms with Crippen molar-refractivity contribution in [3.05, 3.63) is 29.8 Å². The average Bonchev–Trinajstić information content (AvgIpc) is 2.75. The van der Waals surface area contributed by atoms with Crippen LogP contribution in [0.1, 0.15) is 37.6 Å². The van der Waals surface area contributed by atoms with Crippen LogP contribution in [0.25, 0.3) is 0 Å². The van der Waals surface area contributed by atoms with Crippen LogP contribution in [0.4, 0.5) is 9.57 Å². The molecule has 0 spiro atoms. The number of nitrogens with zero attached hydrogens (tertiary/aromatic N) is 1. The second-order valence-electron chi connectivity index (χ2n) is 7.00. The highest BCUT2D eigenvalue weighted by atomic mass is 32.3. The van der Waals surface area contributed by atoms with E-state index in [9.17, 15) is 21.9 Å². The summed E-state index contributed by atoms with van der Waals surface area (Å²) in [5, 5.41) is 2.83. The Morgan fingerprint density at radius 1 is 1.33 bits per heavy atom. The lowest BCUT2D eigenvalue weighted by Crippen LogP contribution is -2.41. The van der Waals surface area contributed by atoms with Gasteiger partial charge in [0.15, 0.2) is 0 Å². The predicted octanol–water partition coefficient (Wildman–Crippen LogP) is 1.87. The van der Waals surface area contributed by atoms with Crippen molar-refractivity contribution in [2.45, 2.75) is 32.7 Å². The van der Waals surface area contributed by atoms with E-state index in [1.807, 2.05) is 20.8 Å². The molecule has 1 N–H and O–H groups in total. The first kappa shape index (κ1) is 18.4. The van der Waals surface area contributed by atoms with Gasteiger partial charge in [0.25, 0.3) is 5.91 Å². The number of hydrogen-bond acceptors (Lipinski definition) is 4. The Labute approximate surface area is 141 Å². The standard InChI is InChI=1S/C16H21FN2O4S/c1-16(2,3)18-15(21)12-6-4-5-7-13(12)19-9-11(8-14(19)20)10-24(17,22)23/h4-7,11H,8-10H2,1-3H3,(H,18,21). The fourth-order valence-electron chi connectivity index (χ4n) is 2.72. The highest BCUT2D eigenvalue weighted by Crippen LogP contribution is 2.29. The van der Waals surface area contributed by atoms with E-state index in [0.717, 1.165) is 0 Å². The maximum Gasteiger partial charge on any atom is 0.302 e. The quantitative estimate of drug-likeness (QED) is 0.835. The van der Waals surface area contributed by atoms with Crippen LogP contribution in [0, 0.1) is 5.92 Å². The number of amides is 2. The third-order valence-electron chi connectivity index (χ3n) is 3.57. The third-order valence-corrected chi connectivity index (χ3v) is 4.44. The molecule has 24 heavy (non-hydrogen) atoms. The number of carbonyl (C=O) groups excluding carboxylic acids is 2. The smallest absolute Gasteiger partial charge is 0.302 e. The van der Waals surface area contributed by atoms with Gasteiger partial charge in [-0.2, -0.15) is 8.42 Å². The van der Waals surface area contributed by atoms with Gasteiger partial charge in [0.05, 0.1) is 17.0 Å². The van der Waals surface area contributed by atoms with Crippen LogP contribution >= 0.6 is 0 Å². The summed E-state index contributed by atoms with van der Waals surface area (Å²) < 4.78 is 34.5. The Kier molecular flexibility index (Phi) is 4.98. The maximum absolute atomic E-state index is 12.9. The molecule has 2 rings (SSSR count). The molecule has 1 saturated heterocycles. The molecule has 1 aliphatic heterocycles. The zero-order valence-electron chi connectivity index (χ0n) is 13.9.